The van der Waals surface area contributed by atoms with E-state index in [9.17, 15) is 5.11 Å². The first-order chi connectivity index (χ1) is 8.54. The summed E-state index contributed by atoms with van der Waals surface area (Å²) in [6, 6.07) is 10.8. The first-order valence-corrected chi connectivity index (χ1v) is 5.91. The second kappa shape index (κ2) is 4.72. The zero-order valence-electron chi connectivity index (χ0n) is 10.2. The summed E-state index contributed by atoms with van der Waals surface area (Å²) in [7, 11) is 0. The van der Waals surface area contributed by atoms with Gasteiger partial charge in [-0.2, -0.15) is 5.26 Å². The Morgan fingerprint density at radius 3 is 2.61 bits per heavy atom. The van der Waals surface area contributed by atoms with E-state index in [1.807, 2.05) is 19.9 Å². The van der Waals surface area contributed by atoms with Gasteiger partial charge in [-0.3, -0.25) is 0 Å². The first kappa shape index (κ1) is 12.5. The van der Waals surface area contributed by atoms with Crippen molar-refractivity contribution >= 4 is 11.6 Å². The molecule has 0 aliphatic heterocycles. The van der Waals surface area contributed by atoms with Crippen molar-refractivity contribution in [1.29, 1.82) is 5.26 Å². The molecule has 0 aliphatic carbocycles. The van der Waals surface area contributed by atoms with E-state index in [4.69, 9.17) is 16.9 Å². The number of rotatable bonds is 1. The van der Waals surface area contributed by atoms with Crippen molar-refractivity contribution in [2.24, 2.45) is 0 Å². The van der Waals surface area contributed by atoms with E-state index in [1.54, 1.807) is 24.3 Å². The van der Waals surface area contributed by atoms with Crippen molar-refractivity contribution in [3.63, 3.8) is 0 Å². The molecule has 0 atom stereocenters. The van der Waals surface area contributed by atoms with Gasteiger partial charge in [0.15, 0.2) is 0 Å². The highest BCUT2D eigenvalue weighted by Gasteiger charge is 2.13. The Kier molecular flexibility index (Phi) is 3.27. The Labute approximate surface area is 111 Å². The molecule has 18 heavy (non-hydrogen) atoms. The Balaban J connectivity index is 2.72. The highest BCUT2D eigenvalue weighted by molar-refractivity contribution is 6.32. The number of phenolic OH excluding ortho intramolecular Hbond substituents is 1. The Hall–Kier alpha value is -1.98. The predicted octanol–water partition coefficient (Wildman–Crippen LogP) is 4.20. The van der Waals surface area contributed by atoms with Crippen molar-refractivity contribution in [1.82, 2.24) is 0 Å². The van der Waals surface area contributed by atoms with E-state index in [-0.39, 0.29) is 5.75 Å². The maximum atomic E-state index is 10.1. The van der Waals surface area contributed by atoms with Crippen molar-refractivity contribution in [2.75, 3.05) is 0 Å². The fourth-order valence-corrected chi connectivity index (χ4v) is 2.20. The fourth-order valence-electron chi connectivity index (χ4n) is 2.05. The quantitative estimate of drug-likeness (QED) is 0.832. The van der Waals surface area contributed by atoms with Crippen LogP contribution in [0, 0.1) is 25.2 Å². The summed E-state index contributed by atoms with van der Waals surface area (Å²) in [6.45, 7) is 3.72. The van der Waals surface area contributed by atoms with E-state index in [2.05, 4.69) is 6.07 Å². The number of benzene rings is 2. The molecular weight excluding hydrogens is 246 g/mol. The number of hydrogen-bond acceptors (Lipinski definition) is 2. The number of phenols is 1. The maximum absolute atomic E-state index is 10.1. The zero-order valence-corrected chi connectivity index (χ0v) is 10.9. The lowest BCUT2D eigenvalue weighted by molar-refractivity contribution is 0.476. The van der Waals surface area contributed by atoms with Crippen LogP contribution in [0.25, 0.3) is 11.1 Å². The molecule has 1 N–H and O–H groups in total. The summed E-state index contributed by atoms with van der Waals surface area (Å²) in [6.07, 6.45) is 0. The van der Waals surface area contributed by atoms with Crippen LogP contribution in [0.5, 0.6) is 5.75 Å². The molecule has 0 spiro atoms. The minimum Gasteiger partial charge on any atom is -0.507 e. The van der Waals surface area contributed by atoms with Crippen LogP contribution in [0.2, 0.25) is 5.02 Å². The lowest BCUT2D eigenvalue weighted by atomic mass is 9.96. The standard InChI is InChI=1S/C15H12ClNO/c1-9-6-13(18)14(10(2)15(9)16)12-5-3-4-11(7-12)8-17/h3-7,18H,1-2H3. The lowest BCUT2D eigenvalue weighted by Gasteiger charge is -2.12. The number of aryl methyl sites for hydroxylation is 1. The molecular formula is C15H12ClNO. The molecule has 0 radical (unpaired) electrons. The van der Waals surface area contributed by atoms with Gasteiger partial charge in [-0.1, -0.05) is 23.7 Å². The van der Waals surface area contributed by atoms with Gasteiger partial charge in [0, 0.05) is 10.6 Å². The van der Waals surface area contributed by atoms with Crippen molar-refractivity contribution in [3.05, 3.63) is 52.0 Å². The number of nitrogens with zero attached hydrogens (tertiary/aromatic N) is 1. The van der Waals surface area contributed by atoms with Crippen LogP contribution in [0.3, 0.4) is 0 Å². The number of aromatic hydroxyl groups is 1. The van der Waals surface area contributed by atoms with Crippen LogP contribution in [-0.4, -0.2) is 5.11 Å². The SMILES string of the molecule is Cc1cc(O)c(-c2cccc(C#N)c2)c(C)c1Cl. The highest BCUT2D eigenvalue weighted by Crippen LogP contribution is 2.38. The van der Waals surface area contributed by atoms with Gasteiger partial charge in [-0.05, 0) is 48.7 Å². The summed E-state index contributed by atoms with van der Waals surface area (Å²) in [4.78, 5) is 0. The van der Waals surface area contributed by atoms with Crippen LogP contribution < -0.4 is 0 Å². The van der Waals surface area contributed by atoms with Crippen molar-refractivity contribution in [3.8, 4) is 22.9 Å². The number of nitriles is 1. The zero-order chi connectivity index (χ0) is 13.3. The first-order valence-electron chi connectivity index (χ1n) is 5.53. The largest absolute Gasteiger partial charge is 0.507 e. The van der Waals surface area contributed by atoms with Crippen LogP contribution in [-0.2, 0) is 0 Å². The minimum absolute atomic E-state index is 0.185. The third-order valence-electron chi connectivity index (χ3n) is 2.94. The summed E-state index contributed by atoms with van der Waals surface area (Å²) in [5.74, 6) is 0.185. The van der Waals surface area contributed by atoms with Gasteiger partial charge >= 0.3 is 0 Å². The average molecular weight is 258 g/mol. The van der Waals surface area contributed by atoms with Crippen LogP contribution in [0.15, 0.2) is 30.3 Å². The van der Waals surface area contributed by atoms with E-state index >= 15 is 0 Å². The molecule has 0 bridgehead atoms. The molecule has 0 aliphatic rings. The summed E-state index contributed by atoms with van der Waals surface area (Å²) in [5, 5.41) is 19.6. The number of halogens is 1. The maximum Gasteiger partial charge on any atom is 0.124 e. The van der Waals surface area contributed by atoms with Crippen LogP contribution in [0.1, 0.15) is 16.7 Å². The molecule has 90 valence electrons. The smallest absolute Gasteiger partial charge is 0.124 e. The predicted molar refractivity (Wildman–Crippen MR) is 72.7 cm³/mol. The van der Waals surface area contributed by atoms with E-state index in [1.165, 1.54) is 0 Å². The molecule has 0 aromatic heterocycles. The van der Waals surface area contributed by atoms with Crippen molar-refractivity contribution < 1.29 is 5.11 Å². The second-order valence-corrected chi connectivity index (χ2v) is 4.60. The van der Waals surface area contributed by atoms with Crippen LogP contribution >= 0.6 is 11.6 Å². The Morgan fingerprint density at radius 2 is 1.94 bits per heavy atom. The lowest BCUT2D eigenvalue weighted by Crippen LogP contribution is -1.89. The molecule has 2 nitrogen and oxygen atoms in total. The topological polar surface area (TPSA) is 44.0 Å². The van der Waals surface area contributed by atoms with Gasteiger partial charge in [-0.15, -0.1) is 0 Å². The third kappa shape index (κ3) is 2.05. The van der Waals surface area contributed by atoms with E-state index < -0.39 is 0 Å². The van der Waals surface area contributed by atoms with E-state index in [0.717, 1.165) is 16.7 Å². The molecule has 0 fully saturated rings. The molecule has 2 aromatic rings. The number of hydrogen-bond donors (Lipinski definition) is 1. The summed E-state index contributed by atoms with van der Waals surface area (Å²) < 4.78 is 0. The summed E-state index contributed by atoms with van der Waals surface area (Å²) in [5.41, 5.74) is 3.70. The Morgan fingerprint density at radius 1 is 1.22 bits per heavy atom. The molecule has 0 unspecified atom stereocenters. The molecule has 3 heteroatoms. The third-order valence-corrected chi connectivity index (χ3v) is 3.52. The van der Waals surface area contributed by atoms with Crippen molar-refractivity contribution in [2.45, 2.75) is 13.8 Å². The van der Waals surface area contributed by atoms with Gasteiger partial charge in [0.25, 0.3) is 0 Å². The van der Waals surface area contributed by atoms with E-state index in [0.29, 0.717) is 16.1 Å². The average Bonchev–Trinajstić information content (AvgIpc) is 2.36. The van der Waals surface area contributed by atoms with Gasteiger partial charge in [-0.25, -0.2) is 0 Å². The normalized spacial score (nSPS) is 10.1. The molecule has 2 rings (SSSR count). The van der Waals surface area contributed by atoms with Crippen LogP contribution in [0.4, 0.5) is 0 Å². The van der Waals surface area contributed by atoms with Gasteiger partial charge in [0.2, 0.25) is 0 Å². The molecule has 2 aromatic carbocycles. The van der Waals surface area contributed by atoms with Gasteiger partial charge in [0.05, 0.1) is 11.6 Å². The second-order valence-electron chi connectivity index (χ2n) is 4.22. The molecule has 0 heterocycles. The molecule has 0 saturated carbocycles. The highest BCUT2D eigenvalue weighted by atomic mass is 35.5. The summed E-state index contributed by atoms with van der Waals surface area (Å²) >= 11 is 6.20. The van der Waals surface area contributed by atoms with Gasteiger partial charge < -0.3 is 5.11 Å². The van der Waals surface area contributed by atoms with Gasteiger partial charge in [0.1, 0.15) is 5.75 Å². The fraction of sp³-hybridized carbons (Fsp3) is 0.133. The minimum atomic E-state index is 0.185. The Bertz CT molecular complexity index is 656. The molecule has 0 saturated heterocycles. The molecule has 0 amide bonds. The monoisotopic (exact) mass is 257 g/mol.